The number of likely N-dealkylation sites (tertiary alicyclic amines) is 1. The number of hydrogen-bond donors (Lipinski definition) is 2. The topological polar surface area (TPSA) is 48.1 Å². The van der Waals surface area contributed by atoms with E-state index in [-0.39, 0.29) is 5.91 Å². The molecule has 5 heteroatoms. The number of nitrogens with one attached hydrogen (secondary N) is 2. The molecule has 0 spiro atoms. The van der Waals surface area contributed by atoms with Gasteiger partial charge in [-0.25, -0.2) is 0 Å². The fraction of sp³-hybridized carbons (Fsp3) is 0.533. The first-order valence-electron chi connectivity index (χ1n) is 7.29. The molecule has 2 aromatic rings. The van der Waals surface area contributed by atoms with Crippen molar-refractivity contribution in [2.24, 2.45) is 5.92 Å². The fourth-order valence-electron chi connectivity index (χ4n) is 2.88. The van der Waals surface area contributed by atoms with Crippen LogP contribution in [-0.2, 0) is 0 Å². The van der Waals surface area contributed by atoms with E-state index < -0.39 is 0 Å². The number of hydrogen-bond acceptors (Lipinski definition) is 3. The van der Waals surface area contributed by atoms with E-state index in [1.165, 1.54) is 19.4 Å². The molecule has 3 rings (SSSR count). The molecule has 0 aromatic carbocycles. The number of carbonyl (C=O) groups excluding carboxylic acids is 1. The fourth-order valence-corrected chi connectivity index (χ4v) is 3.67. The molecule has 1 saturated heterocycles. The van der Waals surface area contributed by atoms with Gasteiger partial charge in [0.1, 0.15) is 5.69 Å². The minimum absolute atomic E-state index is 0.00143. The lowest BCUT2D eigenvalue weighted by Crippen LogP contribution is -2.40. The molecule has 2 aromatic heterocycles. The van der Waals surface area contributed by atoms with Crippen molar-refractivity contribution in [2.75, 3.05) is 26.2 Å². The lowest BCUT2D eigenvalue weighted by Gasteiger charge is -2.30. The molecular formula is C15H21N3OS. The summed E-state index contributed by atoms with van der Waals surface area (Å²) >= 11 is 1.65. The molecule has 2 N–H and O–H groups in total. The number of carbonyl (C=O) groups is 1. The van der Waals surface area contributed by atoms with E-state index in [1.807, 2.05) is 17.5 Å². The summed E-state index contributed by atoms with van der Waals surface area (Å²) in [5.41, 5.74) is 1.71. The number of aromatic amines is 1. The molecule has 0 aliphatic carbocycles. The van der Waals surface area contributed by atoms with Crippen molar-refractivity contribution in [2.45, 2.75) is 19.8 Å². The number of fused-ring (bicyclic) bond motifs is 1. The van der Waals surface area contributed by atoms with E-state index in [4.69, 9.17) is 0 Å². The second kappa shape index (κ2) is 5.97. The molecule has 1 aliphatic heterocycles. The monoisotopic (exact) mass is 291 g/mol. The van der Waals surface area contributed by atoms with E-state index in [0.29, 0.717) is 5.69 Å². The van der Waals surface area contributed by atoms with E-state index in [0.717, 1.165) is 35.8 Å². The summed E-state index contributed by atoms with van der Waals surface area (Å²) in [6.07, 6.45) is 2.62. The number of H-pyrrole nitrogens is 1. The van der Waals surface area contributed by atoms with Gasteiger partial charge in [-0.15, -0.1) is 11.3 Å². The van der Waals surface area contributed by atoms with Gasteiger partial charge in [0.25, 0.3) is 5.91 Å². The maximum absolute atomic E-state index is 12.1. The molecule has 1 fully saturated rings. The Hall–Kier alpha value is -1.33. The normalized spacial score (nSPS) is 20.4. The molecule has 1 atom stereocenters. The third-order valence-electron chi connectivity index (χ3n) is 3.94. The molecule has 3 heterocycles. The number of amides is 1. The molecule has 0 unspecified atom stereocenters. The number of piperidine rings is 1. The van der Waals surface area contributed by atoms with E-state index in [1.54, 1.807) is 11.3 Å². The third kappa shape index (κ3) is 3.04. The zero-order chi connectivity index (χ0) is 13.9. The molecule has 0 bridgehead atoms. The summed E-state index contributed by atoms with van der Waals surface area (Å²) in [6, 6.07) is 3.93. The average molecular weight is 291 g/mol. The Kier molecular flexibility index (Phi) is 4.08. The predicted octanol–water partition coefficient (Wildman–Crippen LogP) is 2.69. The van der Waals surface area contributed by atoms with Crippen LogP contribution in [0, 0.1) is 5.92 Å². The second-order valence-electron chi connectivity index (χ2n) is 5.69. The molecule has 4 nitrogen and oxygen atoms in total. The second-order valence-corrected chi connectivity index (χ2v) is 6.63. The third-order valence-corrected chi connectivity index (χ3v) is 4.80. The molecule has 108 valence electrons. The highest BCUT2D eigenvalue weighted by molar-refractivity contribution is 7.17. The smallest absolute Gasteiger partial charge is 0.267 e. The van der Waals surface area contributed by atoms with E-state index >= 15 is 0 Å². The number of thiophene rings is 1. The maximum Gasteiger partial charge on any atom is 0.267 e. The Morgan fingerprint density at radius 3 is 3.30 bits per heavy atom. The first-order chi connectivity index (χ1) is 9.72. The first-order valence-corrected chi connectivity index (χ1v) is 8.17. The highest BCUT2D eigenvalue weighted by Gasteiger charge is 2.16. The van der Waals surface area contributed by atoms with Crippen LogP contribution in [0.4, 0.5) is 0 Å². The Bertz CT molecular complexity index is 560. The van der Waals surface area contributed by atoms with Gasteiger partial charge in [0.05, 0.1) is 10.2 Å². The Balaban J connectivity index is 1.48. The summed E-state index contributed by atoms with van der Waals surface area (Å²) in [7, 11) is 0. The van der Waals surface area contributed by atoms with Crippen LogP contribution in [0.1, 0.15) is 30.3 Å². The number of rotatable bonds is 4. The van der Waals surface area contributed by atoms with Crippen LogP contribution in [0.5, 0.6) is 0 Å². The summed E-state index contributed by atoms with van der Waals surface area (Å²) in [5, 5.41) is 5.03. The minimum atomic E-state index is -0.00143. The largest absolute Gasteiger partial charge is 0.350 e. The van der Waals surface area contributed by atoms with Gasteiger partial charge >= 0.3 is 0 Å². The molecular weight excluding hydrogens is 270 g/mol. The van der Waals surface area contributed by atoms with Gasteiger partial charge in [0.2, 0.25) is 0 Å². The van der Waals surface area contributed by atoms with Gasteiger partial charge in [0, 0.05) is 19.6 Å². The van der Waals surface area contributed by atoms with Crippen molar-refractivity contribution in [3.63, 3.8) is 0 Å². The Morgan fingerprint density at radius 1 is 1.60 bits per heavy atom. The van der Waals surface area contributed by atoms with Gasteiger partial charge in [0.15, 0.2) is 0 Å². The lowest BCUT2D eigenvalue weighted by atomic mass is 10.0. The van der Waals surface area contributed by atoms with Crippen molar-refractivity contribution in [3.05, 3.63) is 23.2 Å². The summed E-state index contributed by atoms with van der Waals surface area (Å²) in [4.78, 5) is 17.7. The predicted molar refractivity (Wildman–Crippen MR) is 83.3 cm³/mol. The van der Waals surface area contributed by atoms with Crippen molar-refractivity contribution < 1.29 is 4.79 Å². The Morgan fingerprint density at radius 2 is 2.50 bits per heavy atom. The van der Waals surface area contributed by atoms with Gasteiger partial charge in [-0.1, -0.05) is 6.92 Å². The highest BCUT2D eigenvalue weighted by Crippen LogP contribution is 2.21. The standard InChI is InChI=1S/C15H21N3OS/c1-11-3-2-6-18(10-11)7-5-16-15(19)13-9-14-12(17-13)4-8-20-14/h4,8-9,11,17H,2-3,5-7,10H2,1H3,(H,16,19)/t11-/m1/s1. The molecule has 0 saturated carbocycles. The summed E-state index contributed by atoms with van der Waals surface area (Å²) in [6.45, 7) is 6.30. The van der Waals surface area contributed by atoms with Gasteiger partial charge in [-0.3, -0.25) is 4.79 Å². The minimum Gasteiger partial charge on any atom is -0.350 e. The van der Waals surface area contributed by atoms with Crippen LogP contribution < -0.4 is 5.32 Å². The van der Waals surface area contributed by atoms with Crippen molar-refractivity contribution in [3.8, 4) is 0 Å². The van der Waals surface area contributed by atoms with Crippen LogP contribution in [0.2, 0.25) is 0 Å². The van der Waals surface area contributed by atoms with Crippen molar-refractivity contribution >= 4 is 27.5 Å². The molecule has 1 aliphatic rings. The van der Waals surface area contributed by atoms with Crippen molar-refractivity contribution in [1.29, 1.82) is 0 Å². The zero-order valence-electron chi connectivity index (χ0n) is 11.8. The van der Waals surface area contributed by atoms with Crippen LogP contribution in [-0.4, -0.2) is 42.0 Å². The summed E-state index contributed by atoms with van der Waals surface area (Å²) < 4.78 is 1.14. The van der Waals surface area contributed by atoms with Crippen LogP contribution >= 0.6 is 11.3 Å². The van der Waals surface area contributed by atoms with Crippen molar-refractivity contribution in [1.82, 2.24) is 15.2 Å². The van der Waals surface area contributed by atoms with Crippen LogP contribution in [0.25, 0.3) is 10.2 Å². The molecule has 20 heavy (non-hydrogen) atoms. The SMILES string of the molecule is C[C@@H]1CCCN(CCNC(=O)c2cc3sccc3[nH]2)C1. The zero-order valence-corrected chi connectivity index (χ0v) is 12.6. The average Bonchev–Trinajstić information content (AvgIpc) is 2.99. The molecule has 1 amide bonds. The van der Waals surface area contributed by atoms with E-state index in [2.05, 4.69) is 22.1 Å². The van der Waals surface area contributed by atoms with E-state index in [9.17, 15) is 4.79 Å². The number of nitrogens with zero attached hydrogens (tertiary/aromatic N) is 1. The summed E-state index contributed by atoms with van der Waals surface area (Å²) in [5.74, 6) is 0.785. The molecule has 0 radical (unpaired) electrons. The number of aromatic nitrogens is 1. The van der Waals surface area contributed by atoms with Crippen LogP contribution in [0.3, 0.4) is 0 Å². The van der Waals surface area contributed by atoms with Gasteiger partial charge < -0.3 is 15.2 Å². The van der Waals surface area contributed by atoms with Gasteiger partial charge in [-0.2, -0.15) is 0 Å². The maximum atomic E-state index is 12.1. The highest BCUT2D eigenvalue weighted by atomic mass is 32.1. The van der Waals surface area contributed by atoms with Crippen LogP contribution in [0.15, 0.2) is 17.5 Å². The lowest BCUT2D eigenvalue weighted by molar-refractivity contribution is 0.0939. The first kappa shape index (κ1) is 13.6. The van der Waals surface area contributed by atoms with Gasteiger partial charge in [-0.05, 0) is 42.8 Å². The Labute approximate surface area is 123 Å². The quantitative estimate of drug-likeness (QED) is 0.910.